The summed E-state index contributed by atoms with van der Waals surface area (Å²) in [6, 6.07) is 7.74. The Morgan fingerprint density at radius 2 is 2.12 bits per heavy atom. The van der Waals surface area contributed by atoms with Gasteiger partial charge in [-0.05, 0) is 43.6 Å². The van der Waals surface area contributed by atoms with E-state index in [1.807, 2.05) is 24.3 Å². The minimum absolute atomic E-state index is 0. The molecule has 25 heavy (non-hydrogen) atoms. The summed E-state index contributed by atoms with van der Waals surface area (Å²) in [6.07, 6.45) is 4.52. The molecule has 0 unspecified atom stereocenters. The first-order valence-electron chi connectivity index (χ1n) is 7.70. The molecular weight excluding hydrogens is 365 g/mol. The molecule has 0 bridgehead atoms. The Hall–Kier alpha value is -1.67. The number of carbonyl (C=O) groups excluding carboxylic acids is 1. The summed E-state index contributed by atoms with van der Waals surface area (Å²) in [5.41, 5.74) is 1.07. The molecule has 1 amide bonds. The van der Waals surface area contributed by atoms with E-state index >= 15 is 0 Å². The summed E-state index contributed by atoms with van der Waals surface area (Å²) in [5.74, 6) is -0.0839. The Labute approximate surface area is 159 Å². The van der Waals surface area contributed by atoms with Gasteiger partial charge in [0, 0.05) is 12.8 Å². The predicted octanol–water partition coefficient (Wildman–Crippen LogP) is 1.88. The maximum absolute atomic E-state index is 12.7. The van der Waals surface area contributed by atoms with Crippen LogP contribution in [0.3, 0.4) is 0 Å². The van der Waals surface area contributed by atoms with Crippen molar-refractivity contribution in [2.45, 2.75) is 25.0 Å². The quantitative estimate of drug-likeness (QED) is 0.818. The van der Waals surface area contributed by atoms with Crippen molar-refractivity contribution in [2.24, 2.45) is 0 Å². The van der Waals surface area contributed by atoms with Crippen LogP contribution in [-0.4, -0.2) is 46.5 Å². The van der Waals surface area contributed by atoms with E-state index in [0.717, 1.165) is 24.3 Å². The molecule has 1 aromatic heterocycles. The van der Waals surface area contributed by atoms with Crippen molar-refractivity contribution in [3.63, 3.8) is 0 Å². The van der Waals surface area contributed by atoms with Gasteiger partial charge in [0.05, 0.1) is 6.54 Å². The minimum atomic E-state index is -0.743. The van der Waals surface area contributed by atoms with Crippen molar-refractivity contribution < 1.29 is 9.53 Å². The van der Waals surface area contributed by atoms with Crippen LogP contribution in [-0.2, 0) is 16.1 Å². The lowest BCUT2D eigenvalue weighted by Crippen LogP contribution is -2.51. The van der Waals surface area contributed by atoms with Gasteiger partial charge in [0.1, 0.15) is 18.3 Å². The Balaban J connectivity index is 0.00000156. The Morgan fingerprint density at radius 3 is 2.76 bits per heavy atom. The van der Waals surface area contributed by atoms with Crippen LogP contribution in [0.2, 0.25) is 0 Å². The highest BCUT2D eigenvalue weighted by atomic mass is 35.5. The Bertz CT molecular complexity index is 660. The SMILES string of the molecule is COC1(C(=O)Nc2cccc(Cn3cncn3)c2)CCNCC1.Cl.Cl. The molecule has 138 valence electrons. The lowest BCUT2D eigenvalue weighted by molar-refractivity contribution is -0.140. The number of halogens is 2. The lowest BCUT2D eigenvalue weighted by atomic mass is 9.91. The van der Waals surface area contributed by atoms with E-state index < -0.39 is 5.60 Å². The average molecular weight is 388 g/mol. The fourth-order valence-electron chi connectivity index (χ4n) is 2.85. The minimum Gasteiger partial charge on any atom is -0.368 e. The molecule has 7 nitrogen and oxygen atoms in total. The summed E-state index contributed by atoms with van der Waals surface area (Å²) in [6.45, 7) is 2.18. The highest BCUT2D eigenvalue weighted by Gasteiger charge is 2.39. The zero-order chi connectivity index (χ0) is 16.1. The van der Waals surface area contributed by atoms with Gasteiger partial charge in [0.15, 0.2) is 0 Å². The van der Waals surface area contributed by atoms with Gasteiger partial charge >= 0.3 is 0 Å². The van der Waals surface area contributed by atoms with Crippen LogP contribution in [0, 0.1) is 0 Å². The van der Waals surface area contributed by atoms with E-state index in [1.165, 1.54) is 6.33 Å². The van der Waals surface area contributed by atoms with E-state index in [9.17, 15) is 4.79 Å². The molecule has 9 heteroatoms. The van der Waals surface area contributed by atoms with Gasteiger partial charge in [-0.1, -0.05) is 12.1 Å². The Kier molecular flexibility index (Phi) is 8.31. The second-order valence-corrected chi connectivity index (χ2v) is 5.70. The van der Waals surface area contributed by atoms with Gasteiger partial charge in [0.2, 0.25) is 0 Å². The zero-order valence-corrected chi connectivity index (χ0v) is 15.6. The second-order valence-electron chi connectivity index (χ2n) is 5.70. The number of hydrogen-bond donors (Lipinski definition) is 2. The van der Waals surface area contributed by atoms with Crippen LogP contribution in [0.1, 0.15) is 18.4 Å². The first-order valence-corrected chi connectivity index (χ1v) is 7.70. The molecule has 1 fully saturated rings. The third-order valence-electron chi connectivity index (χ3n) is 4.21. The summed E-state index contributed by atoms with van der Waals surface area (Å²) < 4.78 is 7.29. The van der Waals surface area contributed by atoms with Crippen molar-refractivity contribution in [1.82, 2.24) is 20.1 Å². The number of rotatable bonds is 5. The number of ether oxygens (including phenoxy) is 1. The number of nitrogens with one attached hydrogen (secondary N) is 2. The maximum Gasteiger partial charge on any atom is 0.256 e. The normalized spacial score (nSPS) is 15.6. The second kappa shape index (κ2) is 9.72. The molecular formula is C16H23Cl2N5O2. The number of anilines is 1. The molecule has 0 aliphatic carbocycles. The number of hydrogen-bond acceptors (Lipinski definition) is 5. The largest absolute Gasteiger partial charge is 0.368 e. The van der Waals surface area contributed by atoms with Gasteiger partial charge < -0.3 is 15.4 Å². The first kappa shape index (κ1) is 21.4. The summed E-state index contributed by atoms with van der Waals surface area (Å²) in [5, 5.41) is 10.3. The third kappa shape index (κ3) is 5.15. The van der Waals surface area contributed by atoms with Gasteiger partial charge in [-0.15, -0.1) is 24.8 Å². The van der Waals surface area contributed by atoms with E-state index in [1.54, 1.807) is 18.1 Å². The first-order chi connectivity index (χ1) is 11.2. The summed E-state index contributed by atoms with van der Waals surface area (Å²) >= 11 is 0. The van der Waals surface area contributed by atoms with Crippen LogP contribution in [0.5, 0.6) is 0 Å². The van der Waals surface area contributed by atoms with Crippen molar-refractivity contribution in [3.8, 4) is 0 Å². The zero-order valence-electron chi connectivity index (χ0n) is 14.0. The molecule has 2 heterocycles. The monoisotopic (exact) mass is 387 g/mol. The molecule has 1 aromatic carbocycles. The molecule has 0 saturated carbocycles. The number of carbonyl (C=O) groups is 1. The van der Waals surface area contributed by atoms with E-state index in [4.69, 9.17) is 4.74 Å². The van der Waals surface area contributed by atoms with Crippen LogP contribution in [0.15, 0.2) is 36.9 Å². The van der Waals surface area contributed by atoms with Crippen LogP contribution >= 0.6 is 24.8 Å². The van der Waals surface area contributed by atoms with Crippen molar-refractivity contribution in [3.05, 3.63) is 42.5 Å². The predicted molar refractivity (Wildman–Crippen MR) is 101 cm³/mol. The number of aromatic nitrogens is 3. The molecule has 2 aromatic rings. The van der Waals surface area contributed by atoms with Gasteiger partial charge in [-0.3, -0.25) is 4.79 Å². The molecule has 1 saturated heterocycles. The summed E-state index contributed by atoms with van der Waals surface area (Å²) in [4.78, 5) is 16.6. The maximum atomic E-state index is 12.7. The van der Waals surface area contributed by atoms with Crippen LogP contribution in [0.25, 0.3) is 0 Å². The number of nitrogens with zero attached hydrogens (tertiary/aromatic N) is 3. The highest BCUT2D eigenvalue weighted by Crippen LogP contribution is 2.24. The smallest absolute Gasteiger partial charge is 0.256 e. The molecule has 2 N–H and O–H groups in total. The van der Waals surface area contributed by atoms with E-state index in [-0.39, 0.29) is 30.7 Å². The molecule has 1 aliphatic heterocycles. The summed E-state index contributed by atoms with van der Waals surface area (Å²) in [7, 11) is 1.60. The number of benzene rings is 1. The fraction of sp³-hybridized carbons (Fsp3) is 0.438. The van der Waals surface area contributed by atoms with Crippen LogP contribution in [0.4, 0.5) is 5.69 Å². The standard InChI is InChI=1S/C16H21N5O2.2ClH/c1-23-16(5-7-17-8-6-16)15(22)20-14-4-2-3-13(9-14)10-21-12-18-11-19-21;;/h2-4,9,11-12,17H,5-8,10H2,1H3,(H,20,22);2*1H. The fourth-order valence-corrected chi connectivity index (χ4v) is 2.85. The van der Waals surface area contributed by atoms with Crippen molar-refractivity contribution >= 4 is 36.4 Å². The van der Waals surface area contributed by atoms with Crippen LogP contribution < -0.4 is 10.6 Å². The lowest BCUT2D eigenvalue weighted by Gasteiger charge is -2.34. The van der Waals surface area contributed by atoms with Gasteiger partial charge in [-0.25, -0.2) is 9.67 Å². The molecule has 0 radical (unpaired) electrons. The van der Waals surface area contributed by atoms with Crippen molar-refractivity contribution in [1.29, 1.82) is 0 Å². The van der Waals surface area contributed by atoms with E-state index in [0.29, 0.717) is 19.4 Å². The van der Waals surface area contributed by atoms with Gasteiger partial charge in [0.25, 0.3) is 5.91 Å². The Morgan fingerprint density at radius 1 is 1.36 bits per heavy atom. The highest BCUT2D eigenvalue weighted by molar-refractivity contribution is 5.97. The molecule has 3 rings (SSSR count). The number of methoxy groups -OCH3 is 1. The average Bonchev–Trinajstić information content (AvgIpc) is 3.08. The topological polar surface area (TPSA) is 81.1 Å². The molecule has 1 aliphatic rings. The number of amides is 1. The van der Waals surface area contributed by atoms with Gasteiger partial charge in [-0.2, -0.15) is 5.10 Å². The molecule has 0 spiro atoms. The third-order valence-corrected chi connectivity index (χ3v) is 4.21. The van der Waals surface area contributed by atoms with E-state index in [2.05, 4.69) is 20.7 Å². The molecule has 0 atom stereocenters. The van der Waals surface area contributed by atoms with Crippen molar-refractivity contribution in [2.75, 3.05) is 25.5 Å². The number of piperidine rings is 1.